The van der Waals surface area contributed by atoms with Crippen molar-refractivity contribution in [2.75, 3.05) is 19.5 Å². The Morgan fingerprint density at radius 3 is 2.35 bits per heavy atom. The van der Waals surface area contributed by atoms with Crippen LogP contribution in [0.2, 0.25) is 0 Å². The smallest absolute Gasteiger partial charge is 0.354 e. The number of hydrogen-bond donors (Lipinski definition) is 2. The summed E-state index contributed by atoms with van der Waals surface area (Å²) in [5.41, 5.74) is 0.668. The number of anilines is 2. The zero-order valence-corrected chi connectivity index (χ0v) is 11.1. The van der Waals surface area contributed by atoms with Crippen LogP contribution in [0.3, 0.4) is 0 Å². The molecule has 1 aromatic carbocycles. The minimum absolute atomic E-state index is 0.0233. The van der Waals surface area contributed by atoms with E-state index in [-0.39, 0.29) is 5.69 Å². The van der Waals surface area contributed by atoms with E-state index in [1.807, 2.05) is 0 Å². The van der Waals surface area contributed by atoms with Crippen molar-refractivity contribution >= 4 is 17.5 Å². The highest BCUT2D eigenvalue weighted by atomic mass is 16.5. The van der Waals surface area contributed by atoms with E-state index in [4.69, 9.17) is 14.6 Å². The molecule has 104 valence electrons. The van der Waals surface area contributed by atoms with Gasteiger partial charge < -0.3 is 19.9 Å². The highest BCUT2D eigenvalue weighted by Crippen LogP contribution is 2.27. The van der Waals surface area contributed by atoms with Crippen LogP contribution in [-0.2, 0) is 0 Å². The van der Waals surface area contributed by atoms with Crippen LogP contribution in [0.5, 0.6) is 11.5 Å². The van der Waals surface area contributed by atoms with Crippen molar-refractivity contribution in [3.05, 3.63) is 42.1 Å². The molecule has 0 unspecified atom stereocenters. The largest absolute Gasteiger partial charge is 0.497 e. The lowest BCUT2D eigenvalue weighted by atomic mass is 10.2. The van der Waals surface area contributed by atoms with Gasteiger partial charge in [-0.2, -0.15) is 0 Å². The third kappa shape index (κ3) is 3.17. The second-order valence-electron chi connectivity index (χ2n) is 3.94. The van der Waals surface area contributed by atoms with E-state index in [0.717, 1.165) is 0 Å². The SMILES string of the molecule is COc1cc(Nc2cccc(C(=O)O)n2)cc(OC)c1. The number of nitrogens with zero attached hydrogens (tertiary/aromatic N) is 1. The van der Waals surface area contributed by atoms with Gasteiger partial charge >= 0.3 is 5.97 Å². The summed E-state index contributed by atoms with van der Waals surface area (Å²) in [5, 5.41) is 11.9. The molecule has 0 saturated heterocycles. The Labute approximate surface area is 116 Å². The standard InChI is InChI=1S/C14H14N2O4/c1-19-10-6-9(7-11(8-10)20-2)15-13-5-3-4-12(16-13)14(17)18/h3-8H,1-2H3,(H,15,16)(H,17,18). The van der Waals surface area contributed by atoms with Gasteiger partial charge in [-0.05, 0) is 12.1 Å². The number of methoxy groups -OCH3 is 2. The molecule has 0 fully saturated rings. The number of pyridine rings is 1. The topological polar surface area (TPSA) is 80.7 Å². The van der Waals surface area contributed by atoms with Gasteiger partial charge in [0.1, 0.15) is 17.3 Å². The Morgan fingerprint density at radius 2 is 1.80 bits per heavy atom. The first-order chi connectivity index (χ1) is 9.62. The Morgan fingerprint density at radius 1 is 1.15 bits per heavy atom. The summed E-state index contributed by atoms with van der Waals surface area (Å²) >= 11 is 0. The van der Waals surface area contributed by atoms with Crippen molar-refractivity contribution in [2.24, 2.45) is 0 Å². The van der Waals surface area contributed by atoms with Gasteiger partial charge in [0, 0.05) is 23.9 Å². The maximum absolute atomic E-state index is 10.9. The van der Waals surface area contributed by atoms with Crippen LogP contribution >= 0.6 is 0 Å². The normalized spacial score (nSPS) is 9.90. The average Bonchev–Trinajstić information content (AvgIpc) is 2.47. The maximum Gasteiger partial charge on any atom is 0.354 e. The third-order valence-corrected chi connectivity index (χ3v) is 2.59. The Hall–Kier alpha value is -2.76. The molecule has 6 nitrogen and oxygen atoms in total. The quantitative estimate of drug-likeness (QED) is 0.872. The van der Waals surface area contributed by atoms with Crippen LogP contribution in [-0.4, -0.2) is 30.3 Å². The Kier molecular flexibility index (Phi) is 4.05. The highest BCUT2D eigenvalue weighted by molar-refractivity contribution is 5.85. The third-order valence-electron chi connectivity index (χ3n) is 2.59. The molecule has 0 aliphatic rings. The molecule has 1 heterocycles. The van der Waals surface area contributed by atoms with E-state index in [9.17, 15) is 4.79 Å². The number of benzene rings is 1. The van der Waals surface area contributed by atoms with Crippen LogP contribution < -0.4 is 14.8 Å². The predicted molar refractivity (Wildman–Crippen MR) is 74.0 cm³/mol. The first-order valence-electron chi connectivity index (χ1n) is 5.83. The van der Waals surface area contributed by atoms with Crippen LogP contribution in [0.25, 0.3) is 0 Å². The minimum atomic E-state index is -1.07. The van der Waals surface area contributed by atoms with Crippen molar-refractivity contribution in [3.8, 4) is 11.5 Å². The van der Waals surface area contributed by atoms with E-state index in [1.54, 1.807) is 44.6 Å². The summed E-state index contributed by atoms with van der Waals surface area (Å²) < 4.78 is 10.3. The van der Waals surface area contributed by atoms with E-state index in [1.165, 1.54) is 6.07 Å². The van der Waals surface area contributed by atoms with E-state index < -0.39 is 5.97 Å². The molecule has 2 N–H and O–H groups in total. The predicted octanol–water partition coefficient (Wildman–Crippen LogP) is 2.54. The van der Waals surface area contributed by atoms with Crippen molar-refractivity contribution in [3.63, 3.8) is 0 Å². The summed E-state index contributed by atoms with van der Waals surface area (Å²) in [6.45, 7) is 0. The molecule has 2 rings (SSSR count). The number of rotatable bonds is 5. The van der Waals surface area contributed by atoms with Crippen LogP contribution in [0.15, 0.2) is 36.4 Å². The number of carbonyl (C=O) groups is 1. The van der Waals surface area contributed by atoms with Gasteiger partial charge in [-0.1, -0.05) is 6.07 Å². The zero-order valence-electron chi connectivity index (χ0n) is 11.1. The van der Waals surface area contributed by atoms with Gasteiger partial charge in [0.15, 0.2) is 5.69 Å². The number of aromatic nitrogens is 1. The number of carboxylic acid groups (broad SMARTS) is 1. The fraction of sp³-hybridized carbons (Fsp3) is 0.143. The Balaban J connectivity index is 2.29. The molecule has 0 spiro atoms. The van der Waals surface area contributed by atoms with Crippen molar-refractivity contribution in [1.82, 2.24) is 4.98 Å². The second kappa shape index (κ2) is 5.92. The van der Waals surface area contributed by atoms with Crippen molar-refractivity contribution in [2.45, 2.75) is 0 Å². The summed E-state index contributed by atoms with van der Waals surface area (Å²) in [6, 6.07) is 10.00. The molecular formula is C14H14N2O4. The lowest BCUT2D eigenvalue weighted by Gasteiger charge is -2.10. The lowest BCUT2D eigenvalue weighted by Crippen LogP contribution is -2.02. The molecule has 1 aromatic heterocycles. The summed E-state index contributed by atoms with van der Waals surface area (Å²) in [6.07, 6.45) is 0. The van der Waals surface area contributed by atoms with Crippen molar-refractivity contribution in [1.29, 1.82) is 0 Å². The van der Waals surface area contributed by atoms with Gasteiger partial charge in [0.25, 0.3) is 0 Å². The molecule has 6 heteroatoms. The van der Waals surface area contributed by atoms with Crippen LogP contribution in [0, 0.1) is 0 Å². The van der Waals surface area contributed by atoms with E-state index >= 15 is 0 Å². The molecule has 20 heavy (non-hydrogen) atoms. The first-order valence-corrected chi connectivity index (χ1v) is 5.83. The molecule has 0 aliphatic heterocycles. The van der Waals surface area contributed by atoms with Crippen LogP contribution in [0.1, 0.15) is 10.5 Å². The summed E-state index contributed by atoms with van der Waals surface area (Å²) in [4.78, 5) is 14.9. The Bertz CT molecular complexity index is 606. The maximum atomic E-state index is 10.9. The fourth-order valence-corrected chi connectivity index (χ4v) is 1.65. The van der Waals surface area contributed by atoms with Gasteiger partial charge in [-0.15, -0.1) is 0 Å². The molecular weight excluding hydrogens is 260 g/mol. The first kappa shape index (κ1) is 13.7. The number of aromatic carboxylic acids is 1. The number of hydrogen-bond acceptors (Lipinski definition) is 5. The summed E-state index contributed by atoms with van der Waals surface area (Å²) in [5.74, 6) is 0.611. The van der Waals surface area contributed by atoms with E-state index in [0.29, 0.717) is 23.0 Å². The second-order valence-corrected chi connectivity index (χ2v) is 3.94. The molecule has 2 aromatic rings. The van der Waals surface area contributed by atoms with Gasteiger partial charge in [0.2, 0.25) is 0 Å². The number of nitrogens with one attached hydrogen (secondary N) is 1. The lowest BCUT2D eigenvalue weighted by molar-refractivity contribution is 0.0690. The minimum Gasteiger partial charge on any atom is -0.497 e. The average molecular weight is 274 g/mol. The number of carboxylic acids is 1. The summed E-state index contributed by atoms with van der Waals surface area (Å²) in [7, 11) is 3.11. The molecule has 0 aliphatic carbocycles. The van der Waals surface area contributed by atoms with Gasteiger partial charge in [-0.3, -0.25) is 0 Å². The van der Waals surface area contributed by atoms with Gasteiger partial charge in [0.05, 0.1) is 14.2 Å². The van der Waals surface area contributed by atoms with Gasteiger partial charge in [-0.25, -0.2) is 9.78 Å². The van der Waals surface area contributed by atoms with Crippen LogP contribution in [0.4, 0.5) is 11.5 Å². The highest BCUT2D eigenvalue weighted by Gasteiger charge is 2.07. The molecule has 0 bridgehead atoms. The van der Waals surface area contributed by atoms with E-state index in [2.05, 4.69) is 10.3 Å². The molecule has 0 radical (unpaired) electrons. The zero-order chi connectivity index (χ0) is 14.5. The number of ether oxygens (including phenoxy) is 2. The molecule has 0 saturated carbocycles. The molecule has 0 atom stereocenters. The monoisotopic (exact) mass is 274 g/mol. The van der Waals surface area contributed by atoms with Crippen molar-refractivity contribution < 1.29 is 19.4 Å². The fourth-order valence-electron chi connectivity index (χ4n) is 1.65. The molecule has 0 amide bonds.